The lowest BCUT2D eigenvalue weighted by Crippen LogP contribution is -2.54. The molecule has 3 heterocycles. The first-order chi connectivity index (χ1) is 20.9. The first-order valence-corrected chi connectivity index (χ1v) is 16.2. The molecule has 0 amide bonds. The van der Waals surface area contributed by atoms with Gasteiger partial charge in [-0.05, 0) is 44.7 Å². The highest BCUT2D eigenvalue weighted by Gasteiger charge is 2.55. The van der Waals surface area contributed by atoms with Crippen molar-refractivity contribution in [1.82, 2.24) is 20.2 Å². The number of ether oxygens (including phenoxy) is 1. The molecule has 6 atom stereocenters. The van der Waals surface area contributed by atoms with Gasteiger partial charge in [-0.2, -0.15) is 0 Å². The third-order valence-corrected chi connectivity index (χ3v) is 12.9. The molecular weight excluding hydrogens is 611 g/mol. The summed E-state index contributed by atoms with van der Waals surface area (Å²) in [5.41, 5.74) is -0.456. The normalized spacial score (nSPS) is 29.9. The Kier molecular flexibility index (Phi) is 8.31. The lowest BCUT2D eigenvalue weighted by atomic mass is 9.79. The van der Waals surface area contributed by atoms with Crippen molar-refractivity contribution < 1.29 is 46.5 Å². The van der Waals surface area contributed by atoms with Crippen molar-refractivity contribution >= 4 is 10.9 Å². The molecule has 2 aromatic heterocycles. The van der Waals surface area contributed by atoms with Crippen LogP contribution in [0.15, 0.2) is 22.9 Å². The summed E-state index contributed by atoms with van der Waals surface area (Å²) in [7, 11) is -0.147. The van der Waals surface area contributed by atoms with Crippen molar-refractivity contribution in [3.63, 3.8) is 0 Å². The average molecular weight is 647 g/mol. The van der Waals surface area contributed by atoms with Crippen molar-refractivity contribution in [1.29, 1.82) is 0 Å². The van der Waals surface area contributed by atoms with Crippen LogP contribution in [0.2, 0.25) is 0 Å². The van der Waals surface area contributed by atoms with Crippen LogP contribution in [-0.4, -0.2) is 83.9 Å². The number of alkyl halides is 2. The molecule has 6 rings (SSSR count). The van der Waals surface area contributed by atoms with Crippen molar-refractivity contribution in [2.75, 3.05) is 19.5 Å². The zero-order valence-corrected chi connectivity index (χ0v) is 25.0. The number of thiol groups is 1. The molecule has 1 saturated heterocycles. The van der Waals surface area contributed by atoms with Crippen LogP contribution in [0.3, 0.4) is 0 Å². The average Bonchev–Trinajstić information content (AvgIpc) is 3.59. The Morgan fingerprint density at radius 3 is 2.39 bits per heavy atom. The van der Waals surface area contributed by atoms with E-state index in [0.29, 0.717) is 11.5 Å². The van der Waals surface area contributed by atoms with Gasteiger partial charge in [-0.3, -0.25) is 0 Å². The van der Waals surface area contributed by atoms with Gasteiger partial charge in [-0.1, -0.05) is 10.4 Å². The minimum absolute atomic E-state index is 0.0133. The van der Waals surface area contributed by atoms with E-state index in [9.17, 15) is 37.3 Å². The van der Waals surface area contributed by atoms with Crippen LogP contribution in [-0.2, 0) is 4.74 Å². The van der Waals surface area contributed by atoms with Gasteiger partial charge in [0.15, 0.2) is 17.5 Å². The van der Waals surface area contributed by atoms with Crippen LogP contribution in [0, 0.1) is 24.4 Å². The van der Waals surface area contributed by atoms with Crippen molar-refractivity contribution in [3.8, 4) is 11.3 Å². The fraction of sp³-hybridized carbons (Fsp3) is 0.621. The van der Waals surface area contributed by atoms with E-state index in [0.717, 1.165) is 30.5 Å². The molecule has 44 heavy (non-hydrogen) atoms. The highest BCUT2D eigenvalue weighted by molar-refractivity contribution is 8.18. The summed E-state index contributed by atoms with van der Waals surface area (Å²) < 4.78 is 82.7. The third kappa shape index (κ3) is 5.54. The molecule has 3 N–H and O–H groups in total. The van der Waals surface area contributed by atoms with Crippen LogP contribution in [0.4, 0.5) is 22.0 Å². The van der Waals surface area contributed by atoms with Crippen molar-refractivity contribution in [2.24, 2.45) is 0 Å². The number of aromatic nitrogens is 4. The maximum absolute atomic E-state index is 14.3. The van der Waals surface area contributed by atoms with Crippen LogP contribution in [0.5, 0.6) is 0 Å². The van der Waals surface area contributed by atoms with Gasteiger partial charge in [0.25, 0.3) is 0 Å². The molecule has 3 aromatic rings. The summed E-state index contributed by atoms with van der Waals surface area (Å²) in [6.07, 6.45) is -0.251. The number of nitrogens with zero attached hydrogens (tertiary/aromatic N) is 4. The second-order valence-corrected chi connectivity index (χ2v) is 14.8. The second kappa shape index (κ2) is 11.6. The van der Waals surface area contributed by atoms with Crippen molar-refractivity contribution in [2.45, 2.75) is 91.6 Å². The highest BCUT2D eigenvalue weighted by atomic mass is 32.2. The monoisotopic (exact) mass is 646 g/mol. The lowest BCUT2D eigenvalue weighted by molar-refractivity contribution is -0.105. The summed E-state index contributed by atoms with van der Waals surface area (Å²) in [6, 6.07) is 0.643. The van der Waals surface area contributed by atoms with Gasteiger partial charge in [0.2, 0.25) is 5.92 Å². The van der Waals surface area contributed by atoms with Gasteiger partial charge in [-0.25, -0.2) is 37.5 Å². The molecule has 15 heteroatoms. The Balaban J connectivity index is 1.36. The Labute approximate surface area is 252 Å². The number of hydrogen-bond donors (Lipinski definition) is 4. The van der Waals surface area contributed by atoms with E-state index in [-0.39, 0.29) is 35.8 Å². The Morgan fingerprint density at radius 2 is 1.80 bits per heavy atom. The molecule has 0 radical (unpaired) electrons. The molecule has 242 valence electrons. The molecule has 1 unspecified atom stereocenters. The number of halogens is 5. The minimum atomic E-state index is -2.91. The molecule has 0 bridgehead atoms. The van der Waals surface area contributed by atoms with Crippen LogP contribution in [0.1, 0.15) is 72.8 Å². The van der Waals surface area contributed by atoms with Gasteiger partial charge in [-0.15, -0.1) is 5.10 Å². The number of benzene rings is 1. The maximum Gasteiger partial charge on any atom is 0.248 e. The molecule has 1 aromatic carbocycles. The quantitative estimate of drug-likeness (QED) is 0.160. The molecule has 9 nitrogen and oxygen atoms in total. The first kappa shape index (κ1) is 31.4. The molecular formula is C29H35F5N4O5S. The fourth-order valence-electron chi connectivity index (χ4n) is 6.79. The van der Waals surface area contributed by atoms with Gasteiger partial charge >= 0.3 is 0 Å². The fourth-order valence-corrected chi connectivity index (χ4v) is 10.6. The first-order valence-electron chi connectivity index (χ1n) is 14.6. The minimum Gasteiger partial charge on any atom is -0.395 e. The summed E-state index contributed by atoms with van der Waals surface area (Å²) in [5.74, 6) is -6.19. The van der Waals surface area contributed by atoms with E-state index in [1.54, 1.807) is 0 Å². The predicted octanol–water partition coefficient (Wildman–Crippen LogP) is 4.51. The zero-order valence-electron chi connectivity index (χ0n) is 24.1. The highest BCUT2D eigenvalue weighted by Crippen LogP contribution is 2.62. The number of rotatable bonds is 8. The molecule has 1 aliphatic heterocycles. The van der Waals surface area contributed by atoms with E-state index in [1.165, 1.54) is 18.0 Å². The van der Waals surface area contributed by atoms with Gasteiger partial charge in [0.05, 0.1) is 35.9 Å². The molecule has 2 saturated carbocycles. The summed E-state index contributed by atoms with van der Waals surface area (Å²) in [5, 5.41) is 45.3. The van der Waals surface area contributed by atoms with E-state index < -0.39 is 88.1 Å². The number of aliphatic hydroxyl groups is 3. The summed E-state index contributed by atoms with van der Waals surface area (Å²) in [6.45, 7) is 1.34. The summed E-state index contributed by atoms with van der Waals surface area (Å²) in [4.78, 5) is 0. The topological polar surface area (TPSA) is 127 Å². The Bertz CT molecular complexity index is 1480. The molecule has 3 aliphatic rings. The van der Waals surface area contributed by atoms with Crippen molar-refractivity contribution in [3.05, 3.63) is 52.8 Å². The number of methoxy groups -OCH3 is 1. The molecule has 3 fully saturated rings. The largest absolute Gasteiger partial charge is 0.395 e. The van der Waals surface area contributed by atoms with Crippen LogP contribution >= 0.6 is 10.9 Å². The predicted molar refractivity (Wildman–Crippen MR) is 150 cm³/mol. The number of hydrogen-bond acceptors (Lipinski definition) is 8. The SMILES string of the molecule is CO[C@H]1C[SH]([C@@H](c2noc(C3CC3)c2C)C2(O)CCC(F)(F)CC2)[C@H](CO)[C@H](O)[C@@H]1n1cc(-c2cc(F)c(F)c(F)c2)nn1. The van der Waals surface area contributed by atoms with E-state index >= 15 is 0 Å². The van der Waals surface area contributed by atoms with Gasteiger partial charge in [0.1, 0.15) is 23.2 Å². The lowest BCUT2D eigenvalue weighted by Gasteiger charge is -2.53. The zero-order chi connectivity index (χ0) is 31.6. The van der Waals surface area contributed by atoms with Crippen LogP contribution in [0.25, 0.3) is 11.3 Å². The Morgan fingerprint density at radius 1 is 1.14 bits per heavy atom. The van der Waals surface area contributed by atoms with Gasteiger partial charge in [0, 0.05) is 48.0 Å². The van der Waals surface area contributed by atoms with E-state index in [4.69, 9.17) is 9.26 Å². The van der Waals surface area contributed by atoms with Gasteiger partial charge < -0.3 is 24.6 Å². The third-order valence-electron chi connectivity index (χ3n) is 9.42. The van der Waals surface area contributed by atoms with E-state index in [1.807, 2.05) is 6.92 Å². The van der Waals surface area contributed by atoms with Crippen LogP contribution < -0.4 is 0 Å². The van der Waals surface area contributed by atoms with E-state index in [2.05, 4.69) is 15.5 Å². The summed E-state index contributed by atoms with van der Waals surface area (Å²) >= 11 is 0. The number of aliphatic hydroxyl groups excluding tert-OH is 2. The smallest absolute Gasteiger partial charge is 0.248 e. The maximum atomic E-state index is 14.3. The second-order valence-electron chi connectivity index (χ2n) is 12.2. The Hall–Kier alpha value is -2.59. The molecule has 0 spiro atoms. The molecule has 2 aliphatic carbocycles. The standard InChI is InChI=1S/C29H35F5N4O5S/c1-14-23(36-43-26(14)15-3-4-15)27(28(41)5-7-29(33,34)8-6-28)44-13-20(42-2)24(25(40)21(44)12-39)38-11-19(35-37-38)16-9-17(30)22(32)18(31)10-16/h9-11,15,20-21,24-25,27,39-41,44H,3-8,12-13H2,1-2H3/t20-,21+,24+,25-,27-/m0/s1.